The quantitative estimate of drug-likeness (QED) is 0.723. The average Bonchev–Trinajstić information content (AvgIpc) is 2.91. The largest absolute Gasteiger partial charge is 0.488 e. The number of hydrogen-bond acceptors (Lipinski definition) is 5. The normalized spacial score (nSPS) is 19.3. The van der Waals surface area contributed by atoms with Crippen LogP contribution in [0.1, 0.15) is 30.6 Å². The first-order valence-electron chi connectivity index (χ1n) is 7.14. The van der Waals surface area contributed by atoms with Gasteiger partial charge < -0.3 is 18.9 Å². The van der Waals surface area contributed by atoms with Gasteiger partial charge in [-0.3, -0.25) is 4.79 Å². The molecule has 0 unspecified atom stereocenters. The Morgan fingerprint density at radius 2 is 2.14 bits per heavy atom. The number of Topliss-reactive ketones (excluding diaryl/α,β-unsaturated/α-hetero) is 1. The molecule has 0 N–H and O–H groups in total. The van der Waals surface area contributed by atoms with Crippen molar-refractivity contribution in [2.75, 3.05) is 26.9 Å². The van der Waals surface area contributed by atoms with Crippen molar-refractivity contribution >= 4 is 5.78 Å². The lowest BCUT2D eigenvalue weighted by atomic mass is 10.1. The monoisotopic (exact) mass is 294 g/mol. The van der Waals surface area contributed by atoms with E-state index in [4.69, 9.17) is 18.9 Å². The van der Waals surface area contributed by atoms with Crippen LogP contribution in [0.25, 0.3) is 0 Å². The minimum atomic E-state index is -0.0973. The molecule has 1 heterocycles. The standard InChI is InChI=1S/C16H22O5/c1-11(9-18-3)20-15-6-13(12(2)17)7-16(8-15)21-14-4-5-19-10-14/h6-8,11,14H,4-5,9-10H2,1-3H3/t11-,14-/m0/s1. The van der Waals surface area contributed by atoms with E-state index in [0.717, 1.165) is 6.42 Å². The Bertz CT molecular complexity index is 480. The maximum atomic E-state index is 11.6. The number of benzene rings is 1. The van der Waals surface area contributed by atoms with Gasteiger partial charge >= 0.3 is 0 Å². The molecule has 0 bridgehead atoms. The molecule has 0 radical (unpaired) electrons. The minimum Gasteiger partial charge on any atom is -0.488 e. The molecule has 0 spiro atoms. The Hall–Kier alpha value is -1.59. The van der Waals surface area contributed by atoms with E-state index in [1.807, 2.05) is 6.92 Å². The number of methoxy groups -OCH3 is 1. The number of rotatable bonds is 7. The van der Waals surface area contributed by atoms with Crippen molar-refractivity contribution in [1.29, 1.82) is 0 Å². The van der Waals surface area contributed by atoms with Gasteiger partial charge in [0.25, 0.3) is 0 Å². The number of ketones is 1. The van der Waals surface area contributed by atoms with Gasteiger partial charge in [0.1, 0.15) is 23.7 Å². The molecule has 1 aromatic carbocycles. The van der Waals surface area contributed by atoms with Crippen LogP contribution in [-0.2, 0) is 9.47 Å². The van der Waals surface area contributed by atoms with E-state index in [0.29, 0.717) is 36.9 Å². The third kappa shape index (κ3) is 4.72. The molecule has 2 atom stereocenters. The topological polar surface area (TPSA) is 54.0 Å². The highest BCUT2D eigenvalue weighted by molar-refractivity contribution is 5.94. The fourth-order valence-electron chi connectivity index (χ4n) is 2.21. The number of carbonyl (C=O) groups is 1. The third-order valence-electron chi connectivity index (χ3n) is 3.22. The molecule has 116 valence electrons. The van der Waals surface area contributed by atoms with Crippen LogP contribution in [0.15, 0.2) is 18.2 Å². The van der Waals surface area contributed by atoms with Crippen molar-refractivity contribution in [3.63, 3.8) is 0 Å². The molecule has 2 rings (SSSR count). The van der Waals surface area contributed by atoms with Crippen molar-refractivity contribution < 1.29 is 23.7 Å². The summed E-state index contributed by atoms with van der Waals surface area (Å²) < 4.78 is 22.0. The van der Waals surface area contributed by atoms with Crippen molar-refractivity contribution in [2.24, 2.45) is 0 Å². The van der Waals surface area contributed by atoms with Crippen LogP contribution in [0.2, 0.25) is 0 Å². The second-order valence-corrected chi connectivity index (χ2v) is 5.24. The lowest BCUT2D eigenvalue weighted by molar-refractivity contribution is 0.0910. The third-order valence-corrected chi connectivity index (χ3v) is 3.22. The Kier molecular flexibility index (Phi) is 5.59. The second-order valence-electron chi connectivity index (χ2n) is 5.24. The van der Waals surface area contributed by atoms with Crippen LogP contribution in [0.3, 0.4) is 0 Å². The number of hydrogen-bond donors (Lipinski definition) is 0. The van der Waals surface area contributed by atoms with E-state index in [9.17, 15) is 4.79 Å². The van der Waals surface area contributed by atoms with E-state index in [1.165, 1.54) is 6.92 Å². The van der Waals surface area contributed by atoms with Gasteiger partial charge in [0.05, 0.1) is 19.8 Å². The molecule has 5 heteroatoms. The number of ether oxygens (including phenoxy) is 4. The summed E-state index contributed by atoms with van der Waals surface area (Å²) in [4.78, 5) is 11.6. The first-order valence-corrected chi connectivity index (χ1v) is 7.14. The highest BCUT2D eigenvalue weighted by atomic mass is 16.5. The first-order chi connectivity index (χ1) is 10.1. The van der Waals surface area contributed by atoms with E-state index in [-0.39, 0.29) is 18.0 Å². The summed E-state index contributed by atoms with van der Waals surface area (Å²) in [7, 11) is 1.63. The Balaban J connectivity index is 2.14. The van der Waals surface area contributed by atoms with Gasteiger partial charge in [-0.15, -0.1) is 0 Å². The Labute approximate surface area is 125 Å². The molecule has 0 saturated carbocycles. The average molecular weight is 294 g/mol. The molecule has 21 heavy (non-hydrogen) atoms. The van der Waals surface area contributed by atoms with E-state index >= 15 is 0 Å². The molecule has 0 aliphatic carbocycles. The molecule has 5 nitrogen and oxygen atoms in total. The lowest BCUT2D eigenvalue weighted by Crippen LogP contribution is -2.19. The fraction of sp³-hybridized carbons (Fsp3) is 0.562. The van der Waals surface area contributed by atoms with Crippen molar-refractivity contribution in [1.82, 2.24) is 0 Å². The van der Waals surface area contributed by atoms with Crippen LogP contribution >= 0.6 is 0 Å². The van der Waals surface area contributed by atoms with Crippen LogP contribution in [0.5, 0.6) is 11.5 Å². The molecule has 0 aromatic heterocycles. The maximum Gasteiger partial charge on any atom is 0.160 e. The highest BCUT2D eigenvalue weighted by Crippen LogP contribution is 2.26. The predicted octanol–water partition coefficient (Wildman–Crippen LogP) is 2.47. The number of carbonyl (C=O) groups excluding carboxylic acids is 1. The Morgan fingerprint density at radius 1 is 1.38 bits per heavy atom. The van der Waals surface area contributed by atoms with Crippen molar-refractivity contribution in [3.05, 3.63) is 23.8 Å². The molecule has 1 aromatic rings. The minimum absolute atomic E-state index is 0.0210. The molecule has 1 saturated heterocycles. The first kappa shape index (κ1) is 15.8. The molecule has 1 fully saturated rings. The highest BCUT2D eigenvalue weighted by Gasteiger charge is 2.18. The SMILES string of the molecule is COC[C@H](C)Oc1cc(O[C@H]2CCOC2)cc(C(C)=O)c1. The summed E-state index contributed by atoms with van der Waals surface area (Å²) >= 11 is 0. The van der Waals surface area contributed by atoms with Crippen molar-refractivity contribution in [2.45, 2.75) is 32.5 Å². The summed E-state index contributed by atoms with van der Waals surface area (Å²) in [5, 5.41) is 0. The van der Waals surface area contributed by atoms with Crippen LogP contribution in [0.4, 0.5) is 0 Å². The summed E-state index contributed by atoms with van der Waals surface area (Å²) in [6.45, 7) is 5.22. The van der Waals surface area contributed by atoms with Gasteiger partial charge in [-0.2, -0.15) is 0 Å². The van der Waals surface area contributed by atoms with Gasteiger partial charge in [0, 0.05) is 25.2 Å². The van der Waals surface area contributed by atoms with Crippen molar-refractivity contribution in [3.8, 4) is 11.5 Å². The van der Waals surface area contributed by atoms with E-state index in [2.05, 4.69) is 0 Å². The fourth-order valence-corrected chi connectivity index (χ4v) is 2.21. The van der Waals surface area contributed by atoms with Crippen LogP contribution in [-0.4, -0.2) is 44.9 Å². The predicted molar refractivity (Wildman–Crippen MR) is 78.3 cm³/mol. The molecule has 1 aliphatic heterocycles. The van der Waals surface area contributed by atoms with E-state index in [1.54, 1.807) is 25.3 Å². The van der Waals surface area contributed by atoms with E-state index < -0.39 is 0 Å². The zero-order valence-electron chi connectivity index (χ0n) is 12.8. The smallest absolute Gasteiger partial charge is 0.160 e. The molecule has 1 aliphatic rings. The Morgan fingerprint density at radius 3 is 2.76 bits per heavy atom. The molecule has 0 amide bonds. The summed E-state index contributed by atoms with van der Waals surface area (Å²) in [6.07, 6.45) is 0.803. The van der Waals surface area contributed by atoms with Gasteiger partial charge in [0.2, 0.25) is 0 Å². The zero-order chi connectivity index (χ0) is 15.2. The molecular weight excluding hydrogens is 272 g/mol. The lowest BCUT2D eigenvalue weighted by Gasteiger charge is -2.17. The maximum absolute atomic E-state index is 11.6. The zero-order valence-corrected chi connectivity index (χ0v) is 12.8. The van der Waals surface area contributed by atoms with Gasteiger partial charge in [0.15, 0.2) is 5.78 Å². The summed E-state index contributed by atoms with van der Waals surface area (Å²) in [5.74, 6) is 1.23. The van der Waals surface area contributed by atoms with Gasteiger partial charge in [-0.1, -0.05) is 0 Å². The summed E-state index contributed by atoms with van der Waals surface area (Å²) in [5.41, 5.74) is 0.575. The second kappa shape index (κ2) is 7.43. The summed E-state index contributed by atoms with van der Waals surface area (Å²) in [6, 6.07) is 5.28. The molecular formula is C16H22O5. The van der Waals surface area contributed by atoms with Crippen LogP contribution < -0.4 is 9.47 Å². The van der Waals surface area contributed by atoms with Gasteiger partial charge in [-0.05, 0) is 26.0 Å². The van der Waals surface area contributed by atoms with Gasteiger partial charge in [-0.25, -0.2) is 0 Å². The van der Waals surface area contributed by atoms with Crippen LogP contribution in [0, 0.1) is 0 Å².